The normalized spacial score (nSPS) is 19.5. The third-order valence-electron chi connectivity index (χ3n) is 2.06. The van der Waals surface area contributed by atoms with E-state index in [0.29, 0.717) is 18.2 Å². The summed E-state index contributed by atoms with van der Waals surface area (Å²) in [6, 6.07) is 0.254. The van der Waals surface area contributed by atoms with Gasteiger partial charge in [-0.1, -0.05) is 18.5 Å². The highest BCUT2D eigenvalue weighted by Gasteiger charge is 2.22. The molecule has 2 heterocycles. The van der Waals surface area contributed by atoms with E-state index < -0.39 is 0 Å². The average Bonchev–Trinajstić information content (AvgIpc) is 2.16. The van der Waals surface area contributed by atoms with E-state index >= 15 is 0 Å². The number of aromatic nitrogens is 2. The van der Waals surface area contributed by atoms with E-state index in [1.807, 2.05) is 0 Å². The van der Waals surface area contributed by atoms with Crippen molar-refractivity contribution in [1.29, 1.82) is 0 Å². The maximum absolute atomic E-state index is 5.84. The van der Waals surface area contributed by atoms with Gasteiger partial charge in [0.15, 0.2) is 16.7 Å². The zero-order valence-electron chi connectivity index (χ0n) is 7.55. The molecule has 76 valence electrons. The summed E-state index contributed by atoms with van der Waals surface area (Å²) in [5.41, 5.74) is 0. The summed E-state index contributed by atoms with van der Waals surface area (Å²) in [5.74, 6) is 1.06. The van der Waals surface area contributed by atoms with Crippen LogP contribution in [-0.2, 0) is 0 Å². The number of nitrogens with one attached hydrogen (secondary N) is 1. The highest BCUT2D eigenvalue weighted by molar-refractivity contribution is 6.33. The van der Waals surface area contributed by atoms with Crippen LogP contribution in [0.1, 0.15) is 13.3 Å². The first-order valence-electron chi connectivity index (χ1n) is 4.33. The fourth-order valence-corrected chi connectivity index (χ4v) is 1.70. The van der Waals surface area contributed by atoms with Crippen LogP contribution < -0.4 is 10.1 Å². The van der Waals surface area contributed by atoms with Crippen molar-refractivity contribution in [3.63, 3.8) is 0 Å². The SMILES string of the molecule is CC[C@@H]1COc2c(Cl)nc(Cl)nc2N1. The lowest BCUT2D eigenvalue weighted by atomic mass is 10.2. The van der Waals surface area contributed by atoms with Crippen molar-refractivity contribution in [2.24, 2.45) is 0 Å². The molecule has 0 radical (unpaired) electrons. The van der Waals surface area contributed by atoms with Crippen molar-refractivity contribution >= 4 is 29.0 Å². The second-order valence-corrected chi connectivity index (χ2v) is 3.72. The molecule has 0 aromatic carbocycles. The maximum atomic E-state index is 5.84. The highest BCUT2D eigenvalue weighted by atomic mass is 35.5. The van der Waals surface area contributed by atoms with Crippen LogP contribution in [0.25, 0.3) is 0 Å². The monoisotopic (exact) mass is 233 g/mol. The molecule has 4 nitrogen and oxygen atoms in total. The number of hydrogen-bond donors (Lipinski definition) is 1. The number of hydrogen-bond acceptors (Lipinski definition) is 4. The van der Waals surface area contributed by atoms with Crippen molar-refractivity contribution in [2.45, 2.75) is 19.4 Å². The van der Waals surface area contributed by atoms with Crippen LogP contribution in [0.4, 0.5) is 5.82 Å². The highest BCUT2D eigenvalue weighted by Crippen LogP contribution is 2.34. The van der Waals surface area contributed by atoms with E-state index in [1.54, 1.807) is 0 Å². The van der Waals surface area contributed by atoms with Gasteiger partial charge in [-0.3, -0.25) is 0 Å². The van der Waals surface area contributed by atoms with E-state index in [1.165, 1.54) is 0 Å². The van der Waals surface area contributed by atoms with Gasteiger partial charge in [-0.2, -0.15) is 4.98 Å². The van der Waals surface area contributed by atoms with Crippen molar-refractivity contribution in [2.75, 3.05) is 11.9 Å². The first kappa shape index (κ1) is 9.80. The van der Waals surface area contributed by atoms with Crippen LogP contribution >= 0.6 is 23.2 Å². The van der Waals surface area contributed by atoms with E-state index in [4.69, 9.17) is 27.9 Å². The maximum Gasteiger partial charge on any atom is 0.226 e. The van der Waals surface area contributed by atoms with Crippen molar-refractivity contribution < 1.29 is 4.74 Å². The van der Waals surface area contributed by atoms with Crippen molar-refractivity contribution in [1.82, 2.24) is 9.97 Å². The van der Waals surface area contributed by atoms with Gasteiger partial charge < -0.3 is 10.1 Å². The Morgan fingerprint density at radius 3 is 3.00 bits per heavy atom. The molecular formula is C8H9Cl2N3O. The fourth-order valence-electron chi connectivity index (χ4n) is 1.26. The van der Waals surface area contributed by atoms with Gasteiger partial charge in [-0.05, 0) is 18.0 Å². The summed E-state index contributed by atoms with van der Waals surface area (Å²) >= 11 is 11.5. The molecule has 0 bridgehead atoms. The number of anilines is 1. The molecule has 0 fully saturated rings. The Balaban J connectivity index is 2.37. The summed E-state index contributed by atoms with van der Waals surface area (Å²) in [4.78, 5) is 7.80. The smallest absolute Gasteiger partial charge is 0.226 e. The molecule has 1 aliphatic heterocycles. The van der Waals surface area contributed by atoms with Gasteiger partial charge >= 0.3 is 0 Å². The molecule has 1 atom stereocenters. The Morgan fingerprint density at radius 1 is 1.50 bits per heavy atom. The fraction of sp³-hybridized carbons (Fsp3) is 0.500. The van der Waals surface area contributed by atoms with Gasteiger partial charge in [0.25, 0.3) is 0 Å². The van der Waals surface area contributed by atoms with Gasteiger partial charge in [0.1, 0.15) is 6.61 Å². The predicted octanol–water partition coefficient (Wildman–Crippen LogP) is 2.37. The predicted molar refractivity (Wildman–Crippen MR) is 55.2 cm³/mol. The number of ether oxygens (including phenoxy) is 1. The van der Waals surface area contributed by atoms with Crippen LogP contribution in [0.2, 0.25) is 10.4 Å². The van der Waals surface area contributed by atoms with Crippen LogP contribution in [0.3, 0.4) is 0 Å². The van der Waals surface area contributed by atoms with Gasteiger partial charge in [-0.15, -0.1) is 0 Å². The Kier molecular flexibility index (Phi) is 2.65. The Hall–Kier alpha value is -0.740. The molecule has 0 aliphatic carbocycles. The second kappa shape index (κ2) is 3.79. The summed E-state index contributed by atoms with van der Waals surface area (Å²) < 4.78 is 5.43. The molecule has 14 heavy (non-hydrogen) atoms. The van der Waals surface area contributed by atoms with E-state index in [-0.39, 0.29) is 16.5 Å². The quantitative estimate of drug-likeness (QED) is 0.598. The summed E-state index contributed by atoms with van der Waals surface area (Å²) in [6.07, 6.45) is 0.957. The Labute approximate surface area is 91.6 Å². The molecule has 0 amide bonds. The standard InChI is InChI=1S/C8H9Cl2N3O/c1-2-4-3-14-5-6(9)12-8(10)13-7(5)11-4/h4H,2-3H2,1H3,(H,11,12,13)/t4-/m1/s1. The first-order chi connectivity index (χ1) is 6.70. The molecule has 1 N–H and O–H groups in total. The molecule has 1 aliphatic rings. The summed E-state index contributed by atoms with van der Waals surface area (Å²) in [5, 5.41) is 3.56. The minimum atomic E-state index is 0.126. The Bertz CT molecular complexity index is 359. The number of rotatable bonds is 1. The van der Waals surface area contributed by atoms with Crippen LogP contribution in [-0.4, -0.2) is 22.6 Å². The number of nitrogens with zero attached hydrogens (tertiary/aromatic N) is 2. The van der Waals surface area contributed by atoms with Crippen LogP contribution in [0.5, 0.6) is 5.75 Å². The average molecular weight is 234 g/mol. The van der Waals surface area contributed by atoms with Gasteiger partial charge in [-0.25, -0.2) is 4.98 Å². The summed E-state index contributed by atoms with van der Waals surface area (Å²) in [7, 11) is 0. The molecule has 0 unspecified atom stereocenters. The van der Waals surface area contributed by atoms with Gasteiger partial charge in [0.2, 0.25) is 5.28 Å². The van der Waals surface area contributed by atoms with E-state index in [9.17, 15) is 0 Å². The molecular weight excluding hydrogens is 225 g/mol. The summed E-state index contributed by atoms with van der Waals surface area (Å²) in [6.45, 7) is 2.64. The first-order valence-corrected chi connectivity index (χ1v) is 5.08. The lowest BCUT2D eigenvalue weighted by Crippen LogP contribution is -2.31. The Morgan fingerprint density at radius 2 is 2.29 bits per heavy atom. The minimum Gasteiger partial charge on any atom is -0.485 e. The number of fused-ring (bicyclic) bond motifs is 1. The minimum absolute atomic E-state index is 0.126. The van der Waals surface area contributed by atoms with E-state index in [2.05, 4.69) is 22.2 Å². The van der Waals surface area contributed by atoms with Crippen LogP contribution in [0.15, 0.2) is 0 Å². The molecule has 0 saturated heterocycles. The third-order valence-corrected chi connectivity index (χ3v) is 2.48. The van der Waals surface area contributed by atoms with Gasteiger partial charge in [0.05, 0.1) is 6.04 Å². The topological polar surface area (TPSA) is 47.0 Å². The zero-order valence-corrected chi connectivity index (χ0v) is 9.06. The largest absolute Gasteiger partial charge is 0.485 e. The zero-order chi connectivity index (χ0) is 10.1. The second-order valence-electron chi connectivity index (χ2n) is 3.02. The van der Waals surface area contributed by atoms with Crippen molar-refractivity contribution in [3.8, 4) is 5.75 Å². The molecule has 6 heteroatoms. The molecule has 0 spiro atoms. The van der Waals surface area contributed by atoms with E-state index in [0.717, 1.165) is 6.42 Å². The molecule has 2 rings (SSSR count). The third kappa shape index (κ3) is 1.72. The lowest BCUT2D eigenvalue weighted by molar-refractivity contribution is 0.278. The molecule has 0 saturated carbocycles. The van der Waals surface area contributed by atoms with Crippen LogP contribution in [0, 0.1) is 0 Å². The van der Waals surface area contributed by atoms with Gasteiger partial charge in [0, 0.05) is 0 Å². The molecule has 1 aromatic heterocycles. The number of halogens is 2. The molecule has 1 aromatic rings. The lowest BCUT2D eigenvalue weighted by Gasteiger charge is -2.25. The van der Waals surface area contributed by atoms with Crippen molar-refractivity contribution in [3.05, 3.63) is 10.4 Å².